The van der Waals surface area contributed by atoms with Gasteiger partial charge in [-0.25, -0.2) is 0 Å². The van der Waals surface area contributed by atoms with Crippen molar-refractivity contribution in [1.29, 1.82) is 10.5 Å². The second kappa shape index (κ2) is 15.4. The first-order valence-electron chi connectivity index (χ1n) is 13.1. The smallest absolute Gasteiger partial charge is 0.870 e. The molecule has 42 heavy (non-hydrogen) atoms. The van der Waals surface area contributed by atoms with Crippen LogP contribution >= 0.6 is 0 Å². The molecule has 214 valence electrons. The van der Waals surface area contributed by atoms with Crippen LogP contribution in [0.3, 0.4) is 0 Å². The van der Waals surface area contributed by atoms with Gasteiger partial charge in [-0.05, 0) is 85.8 Å². The zero-order chi connectivity index (χ0) is 27.5. The molecule has 0 spiro atoms. The molecule has 0 bridgehead atoms. The normalized spacial score (nSPS) is 13.7. The Kier molecular flexibility index (Phi) is 12.9. The topological polar surface area (TPSA) is 193 Å². The van der Waals surface area contributed by atoms with E-state index < -0.39 is 0 Å². The Morgan fingerprint density at radius 3 is 1.83 bits per heavy atom. The van der Waals surface area contributed by atoms with Gasteiger partial charge in [-0.15, -0.1) is 10.2 Å². The summed E-state index contributed by atoms with van der Waals surface area (Å²) in [6, 6.07) is 12.7. The molecule has 0 radical (unpaired) electrons. The summed E-state index contributed by atoms with van der Waals surface area (Å²) in [5.41, 5.74) is 13.1. The molecule has 2 saturated carbocycles. The molecule has 0 amide bonds. The number of hydrogen-bond acceptors (Lipinski definition) is 10. The number of aromatic nitrogens is 5. The van der Waals surface area contributed by atoms with Crippen molar-refractivity contribution in [2.24, 2.45) is 0 Å². The van der Waals surface area contributed by atoms with Crippen LogP contribution in [0, 0.1) is 36.5 Å². The number of ether oxygens (including phenoxy) is 1. The molecular formula is C30H35KN8O3. The van der Waals surface area contributed by atoms with E-state index in [1.54, 1.807) is 0 Å². The van der Waals surface area contributed by atoms with Crippen LogP contribution in [0.25, 0.3) is 22.8 Å². The summed E-state index contributed by atoms with van der Waals surface area (Å²) in [7, 11) is 1.54. The molecular weight excluding hydrogens is 559 g/mol. The summed E-state index contributed by atoms with van der Waals surface area (Å²) in [4.78, 5) is 4.31. The maximum absolute atomic E-state index is 9.22. The second-order valence-corrected chi connectivity index (χ2v) is 10.1. The van der Waals surface area contributed by atoms with Gasteiger partial charge in [-0.1, -0.05) is 37.5 Å². The number of methoxy groups -OCH3 is 1. The molecule has 2 aliphatic carbocycles. The van der Waals surface area contributed by atoms with Crippen LogP contribution in [-0.2, 0) is 0 Å². The Bertz CT molecular complexity index is 1590. The molecule has 2 aliphatic rings. The maximum Gasteiger partial charge on any atom is 1.00 e. The van der Waals surface area contributed by atoms with Crippen LogP contribution in [0.5, 0.6) is 6.01 Å². The van der Waals surface area contributed by atoms with E-state index in [1.165, 1.54) is 56.8 Å². The van der Waals surface area contributed by atoms with Crippen molar-refractivity contribution < 1.29 is 66.0 Å². The average molecular weight is 595 g/mol. The molecule has 2 heterocycles. The molecule has 6 rings (SSSR count). The largest absolute Gasteiger partial charge is 1.00 e. The zero-order valence-electron chi connectivity index (χ0n) is 23.7. The van der Waals surface area contributed by atoms with E-state index in [0.717, 1.165) is 22.3 Å². The quantitative estimate of drug-likeness (QED) is 0.324. The van der Waals surface area contributed by atoms with Gasteiger partial charge in [0.2, 0.25) is 5.89 Å². The third-order valence-electron chi connectivity index (χ3n) is 7.70. The second-order valence-electron chi connectivity index (χ2n) is 10.1. The number of H-pyrrole nitrogens is 1. The first-order chi connectivity index (χ1) is 18.9. The number of hydrogen-bond donors (Lipinski definition) is 2. The summed E-state index contributed by atoms with van der Waals surface area (Å²) in [6.07, 6.45) is 7.25. The number of aromatic amines is 1. The first kappa shape index (κ1) is 35.1. The van der Waals surface area contributed by atoms with Crippen LogP contribution in [-0.4, -0.2) is 38.0 Å². The van der Waals surface area contributed by atoms with Crippen molar-refractivity contribution in [2.45, 2.75) is 71.6 Å². The van der Waals surface area contributed by atoms with Crippen LogP contribution < -0.4 is 61.9 Å². The predicted octanol–water partition coefficient (Wildman–Crippen LogP) is 3.16. The van der Waals surface area contributed by atoms with E-state index in [2.05, 4.69) is 49.6 Å². The fourth-order valence-corrected chi connectivity index (χ4v) is 5.01. The molecule has 0 unspecified atom stereocenters. The molecule has 0 atom stereocenters. The predicted molar refractivity (Wildman–Crippen MR) is 153 cm³/mol. The third kappa shape index (κ3) is 7.26. The molecule has 4 aromatic rings. The van der Waals surface area contributed by atoms with Gasteiger partial charge in [0.15, 0.2) is 5.82 Å². The fraction of sp³-hybridized carbons (Fsp3) is 0.400. The van der Waals surface area contributed by atoms with Gasteiger partial charge >= 0.3 is 63.4 Å². The van der Waals surface area contributed by atoms with Crippen molar-refractivity contribution in [3.8, 4) is 41.0 Å². The number of aryl methyl sites for hydroxylation is 2. The molecule has 4 N–H and O–H groups in total. The molecule has 2 aromatic heterocycles. The Labute approximate surface area is 288 Å². The molecule has 2 fully saturated rings. The molecule has 2 aromatic carbocycles. The van der Waals surface area contributed by atoms with E-state index in [9.17, 15) is 5.26 Å². The molecule has 0 saturated heterocycles. The van der Waals surface area contributed by atoms with Gasteiger partial charge in [0.1, 0.15) is 0 Å². The Hall–Kier alpha value is -3.10. The summed E-state index contributed by atoms with van der Waals surface area (Å²) in [5, 5.41) is 32.9. The monoisotopic (exact) mass is 594 g/mol. The Balaban J connectivity index is 0.000000274. The summed E-state index contributed by atoms with van der Waals surface area (Å²) < 4.78 is 10.3. The van der Waals surface area contributed by atoms with E-state index in [-0.39, 0.29) is 70.3 Å². The van der Waals surface area contributed by atoms with Crippen LogP contribution in [0.2, 0.25) is 0 Å². The van der Waals surface area contributed by atoms with E-state index >= 15 is 0 Å². The number of nitrogens with two attached hydrogens (primary N) is 1. The number of rotatable bonds is 5. The fourth-order valence-electron chi connectivity index (χ4n) is 5.01. The van der Waals surface area contributed by atoms with Gasteiger partial charge in [-0.2, -0.15) is 15.5 Å². The summed E-state index contributed by atoms with van der Waals surface area (Å²) in [6.45, 7) is 3.93. The Morgan fingerprint density at radius 1 is 0.905 bits per heavy atom. The minimum Gasteiger partial charge on any atom is -0.870 e. The first-order valence-corrected chi connectivity index (χ1v) is 13.1. The number of benzene rings is 2. The number of nitrogens with one attached hydrogen (secondary N) is 1. The minimum absolute atomic E-state index is 0. The van der Waals surface area contributed by atoms with Crippen molar-refractivity contribution in [3.63, 3.8) is 0 Å². The van der Waals surface area contributed by atoms with Gasteiger partial charge in [-0.3, -0.25) is 5.10 Å². The van der Waals surface area contributed by atoms with Crippen LogP contribution in [0.4, 0.5) is 6.01 Å². The van der Waals surface area contributed by atoms with E-state index in [1.807, 2.05) is 26.0 Å². The van der Waals surface area contributed by atoms with Gasteiger partial charge < -0.3 is 20.4 Å². The van der Waals surface area contributed by atoms with Crippen molar-refractivity contribution in [2.75, 3.05) is 12.8 Å². The molecule has 11 nitrogen and oxygen atoms in total. The number of anilines is 1. The van der Waals surface area contributed by atoms with E-state index in [0.29, 0.717) is 40.7 Å². The minimum atomic E-state index is 0. The summed E-state index contributed by atoms with van der Waals surface area (Å²) in [5.74, 6) is 2.15. The standard InChI is InChI=1S/C15H16N4O.C14H14N4O.CH4.K.H2O/c1-9-6-12(10-4-3-5-10)13(7-11(9)8-16)14-17-15(20-2)19-18-14;1-8-5-11(9-3-2-4-9)12(6-10(8)7-15)13-17-18-14(16)19-13;;;/h6-7,10H,3-5H2,1-2H3,(H,17,18,19);5-6,9H,2-4H2,1H3,(H2,16,18);1H4;;1H2/q;;;+1;/p-1. The van der Waals surface area contributed by atoms with Gasteiger partial charge in [0.25, 0.3) is 0 Å². The Morgan fingerprint density at radius 2 is 1.43 bits per heavy atom. The average Bonchev–Trinajstić information content (AvgIpc) is 3.52. The molecule has 12 heteroatoms. The number of nitrogen functional groups attached to an aromatic ring is 1. The third-order valence-corrected chi connectivity index (χ3v) is 7.70. The van der Waals surface area contributed by atoms with Crippen molar-refractivity contribution in [1.82, 2.24) is 25.4 Å². The summed E-state index contributed by atoms with van der Waals surface area (Å²) >= 11 is 0. The maximum atomic E-state index is 9.22. The van der Waals surface area contributed by atoms with Gasteiger partial charge in [0.05, 0.1) is 30.4 Å². The van der Waals surface area contributed by atoms with Gasteiger partial charge in [0, 0.05) is 11.1 Å². The van der Waals surface area contributed by atoms with Crippen molar-refractivity contribution in [3.05, 3.63) is 57.6 Å². The number of nitriles is 2. The molecule has 0 aliphatic heterocycles. The van der Waals surface area contributed by atoms with E-state index in [4.69, 9.17) is 20.1 Å². The number of nitrogens with zero attached hydrogens (tertiary/aromatic N) is 6. The van der Waals surface area contributed by atoms with Crippen LogP contribution in [0.1, 0.15) is 91.2 Å². The van der Waals surface area contributed by atoms with Crippen molar-refractivity contribution >= 4 is 6.01 Å². The zero-order valence-corrected chi connectivity index (χ0v) is 26.9. The SMILES string of the molecule is C.COc1n[nH]c(-c2cc(C#N)c(C)cc2C2CCC2)n1.Cc1cc(C2CCC2)c(-c2nnc(N)o2)cc1C#N.[K+].[OH-]. The van der Waals surface area contributed by atoms with Crippen LogP contribution in [0.15, 0.2) is 28.7 Å².